The number of fused-ring (bicyclic) bond motifs is 1. The molecular weight excluding hydrogens is 363 g/mol. The highest BCUT2D eigenvalue weighted by atomic mass is 35.5. The van der Waals surface area contributed by atoms with Crippen molar-refractivity contribution in [2.75, 3.05) is 11.9 Å². The third-order valence-electron chi connectivity index (χ3n) is 5.31. The van der Waals surface area contributed by atoms with E-state index in [1.807, 2.05) is 24.3 Å². The van der Waals surface area contributed by atoms with Crippen LogP contribution < -0.4 is 4.90 Å². The molecule has 0 aliphatic carbocycles. The van der Waals surface area contributed by atoms with E-state index < -0.39 is 0 Å². The molecule has 1 unspecified atom stereocenters. The summed E-state index contributed by atoms with van der Waals surface area (Å²) < 4.78 is 0. The van der Waals surface area contributed by atoms with E-state index in [0.29, 0.717) is 21.5 Å². The van der Waals surface area contributed by atoms with E-state index in [0.717, 1.165) is 23.2 Å². The Hall–Kier alpha value is -1.95. The van der Waals surface area contributed by atoms with E-state index in [1.54, 1.807) is 12.1 Å². The number of rotatable bonds is 2. The molecule has 1 aliphatic heterocycles. The molecule has 0 spiro atoms. The number of benzene rings is 2. The van der Waals surface area contributed by atoms with Crippen LogP contribution in [0.4, 0.5) is 5.69 Å². The molecule has 2 aromatic rings. The van der Waals surface area contributed by atoms with Crippen molar-refractivity contribution in [3.63, 3.8) is 0 Å². The van der Waals surface area contributed by atoms with E-state index in [1.165, 1.54) is 5.56 Å². The highest BCUT2D eigenvalue weighted by molar-refractivity contribution is 6.32. The lowest BCUT2D eigenvalue weighted by atomic mass is 9.80. The van der Waals surface area contributed by atoms with E-state index >= 15 is 0 Å². The zero-order valence-electron chi connectivity index (χ0n) is 15.5. The van der Waals surface area contributed by atoms with Crippen LogP contribution >= 0.6 is 23.2 Å². The maximum atomic E-state index is 9.61. The molecule has 1 aliphatic rings. The summed E-state index contributed by atoms with van der Waals surface area (Å²) in [5, 5.41) is 10.9. The molecule has 0 bridgehead atoms. The summed E-state index contributed by atoms with van der Waals surface area (Å²) in [6.07, 6.45) is 2.92. The third-order valence-corrected chi connectivity index (χ3v) is 5.87. The predicted octanol–water partition coefficient (Wildman–Crippen LogP) is 6.78. The average Bonchev–Trinajstić information content (AvgIpc) is 2.58. The molecule has 26 heavy (non-hydrogen) atoms. The Morgan fingerprint density at radius 3 is 2.65 bits per heavy atom. The molecule has 3 rings (SSSR count). The minimum Gasteiger partial charge on any atom is -0.369 e. The van der Waals surface area contributed by atoms with E-state index in [4.69, 9.17) is 23.2 Å². The molecule has 0 amide bonds. The molecule has 134 valence electrons. The van der Waals surface area contributed by atoms with Crippen molar-refractivity contribution in [1.29, 1.82) is 5.26 Å². The predicted molar refractivity (Wildman–Crippen MR) is 112 cm³/mol. The Bertz CT molecular complexity index is 922. The summed E-state index contributed by atoms with van der Waals surface area (Å²) in [6, 6.07) is 13.7. The third kappa shape index (κ3) is 3.47. The van der Waals surface area contributed by atoms with Crippen LogP contribution in [0.3, 0.4) is 0 Å². The van der Waals surface area contributed by atoms with Crippen molar-refractivity contribution in [3.05, 3.63) is 63.1 Å². The fourth-order valence-corrected chi connectivity index (χ4v) is 4.11. The second kappa shape index (κ2) is 6.99. The van der Waals surface area contributed by atoms with Crippen LogP contribution in [-0.2, 0) is 0 Å². The number of anilines is 1. The summed E-state index contributed by atoms with van der Waals surface area (Å²) in [5.74, 6) is 0.428. The maximum absolute atomic E-state index is 9.61. The largest absolute Gasteiger partial charge is 0.369 e. The van der Waals surface area contributed by atoms with Crippen molar-refractivity contribution in [3.8, 4) is 6.07 Å². The Labute approximate surface area is 165 Å². The summed E-state index contributed by atoms with van der Waals surface area (Å²) >= 11 is 12.6. The lowest BCUT2D eigenvalue weighted by Crippen LogP contribution is -2.45. The molecule has 2 nitrogen and oxygen atoms in total. The standard InChI is InChI=1S/C22H22Cl2N2/c1-14-12-22(2,3)26(4)21-11-20(24)16(10-19(14)21)8-17(13-25)15-6-5-7-18(23)9-15/h5-11,14H,12H2,1-4H3/b17-8+. The van der Waals surface area contributed by atoms with Crippen LogP contribution in [0.2, 0.25) is 10.0 Å². The van der Waals surface area contributed by atoms with Crippen LogP contribution in [0.1, 0.15) is 49.8 Å². The molecular formula is C22H22Cl2N2. The van der Waals surface area contributed by atoms with Gasteiger partial charge in [0, 0.05) is 28.3 Å². The quantitative estimate of drug-likeness (QED) is 0.421. The van der Waals surface area contributed by atoms with Crippen LogP contribution in [0.15, 0.2) is 36.4 Å². The first-order valence-corrected chi connectivity index (χ1v) is 9.43. The highest BCUT2D eigenvalue weighted by Gasteiger charge is 2.34. The minimum absolute atomic E-state index is 0.0890. The molecule has 2 aromatic carbocycles. The number of nitrogens with zero attached hydrogens (tertiary/aromatic N) is 2. The van der Waals surface area contributed by atoms with Crippen molar-refractivity contribution in [2.45, 2.75) is 38.6 Å². The van der Waals surface area contributed by atoms with Crippen LogP contribution in [0.25, 0.3) is 11.6 Å². The maximum Gasteiger partial charge on any atom is 0.0998 e. The van der Waals surface area contributed by atoms with Gasteiger partial charge in [0.1, 0.15) is 0 Å². The van der Waals surface area contributed by atoms with Gasteiger partial charge in [0.05, 0.1) is 11.6 Å². The lowest BCUT2D eigenvalue weighted by Gasteiger charge is -2.45. The molecule has 0 saturated heterocycles. The second-order valence-electron chi connectivity index (χ2n) is 7.59. The van der Waals surface area contributed by atoms with E-state index in [-0.39, 0.29) is 5.54 Å². The van der Waals surface area contributed by atoms with Crippen molar-refractivity contribution in [1.82, 2.24) is 0 Å². The van der Waals surface area contributed by atoms with Gasteiger partial charge in [-0.15, -0.1) is 0 Å². The summed E-state index contributed by atoms with van der Waals surface area (Å²) in [6.45, 7) is 6.75. The Kier molecular flexibility index (Phi) is 5.06. The zero-order valence-corrected chi connectivity index (χ0v) is 17.0. The molecule has 0 saturated carbocycles. The summed E-state index contributed by atoms with van der Waals surface area (Å²) in [5.41, 5.74) is 4.72. The Balaban J connectivity index is 2.10. The number of hydrogen-bond acceptors (Lipinski definition) is 2. The van der Waals surface area contributed by atoms with Gasteiger partial charge in [0.25, 0.3) is 0 Å². The highest BCUT2D eigenvalue weighted by Crippen LogP contribution is 2.44. The van der Waals surface area contributed by atoms with Crippen LogP contribution in [-0.4, -0.2) is 12.6 Å². The first-order valence-electron chi connectivity index (χ1n) is 8.68. The Morgan fingerprint density at radius 1 is 1.27 bits per heavy atom. The molecule has 0 fully saturated rings. The van der Waals surface area contributed by atoms with Gasteiger partial charge in [0.2, 0.25) is 0 Å². The number of allylic oxidation sites excluding steroid dienone is 1. The lowest BCUT2D eigenvalue weighted by molar-refractivity contribution is 0.395. The summed E-state index contributed by atoms with van der Waals surface area (Å²) in [7, 11) is 2.11. The first kappa shape index (κ1) is 18.8. The fourth-order valence-electron chi connectivity index (χ4n) is 3.71. The zero-order chi connectivity index (χ0) is 19.1. The van der Waals surface area contributed by atoms with E-state index in [2.05, 4.69) is 44.9 Å². The minimum atomic E-state index is 0.0890. The second-order valence-corrected chi connectivity index (χ2v) is 8.43. The molecule has 0 N–H and O–H groups in total. The summed E-state index contributed by atoms with van der Waals surface area (Å²) in [4.78, 5) is 2.30. The van der Waals surface area contributed by atoms with Crippen LogP contribution in [0.5, 0.6) is 0 Å². The average molecular weight is 385 g/mol. The molecule has 1 heterocycles. The molecule has 1 atom stereocenters. The van der Waals surface area contributed by atoms with Crippen molar-refractivity contribution in [2.24, 2.45) is 0 Å². The van der Waals surface area contributed by atoms with Gasteiger partial charge in [-0.05, 0) is 73.2 Å². The Morgan fingerprint density at radius 2 is 2.00 bits per heavy atom. The van der Waals surface area contributed by atoms with Crippen molar-refractivity contribution >= 4 is 40.5 Å². The fraction of sp³-hybridized carbons (Fsp3) is 0.318. The van der Waals surface area contributed by atoms with Gasteiger partial charge in [-0.25, -0.2) is 0 Å². The molecule has 0 aromatic heterocycles. The van der Waals surface area contributed by atoms with Gasteiger partial charge in [0.15, 0.2) is 0 Å². The smallest absolute Gasteiger partial charge is 0.0998 e. The number of halogens is 2. The first-order chi connectivity index (χ1) is 12.2. The number of nitriles is 1. The van der Waals surface area contributed by atoms with Gasteiger partial charge < -0.3 is 4.90 Å². The van der Waals surface area contributed by atoms with Gasteiger partial charge in [-0.1, -0.05) is 42.3 Å². The van der Waals surface area contributed by atoms with Gasteiger partial charge >= 0.3 is 0 Å². The molecule has 0 radical (unpaired) electrons. The van der Waals surface area contributed by atoms with E-state index in [9.17, 15) is 5.26 Å². The van der Waals surface area contributed by atoms with Gasteiger partial charge in [-0.3, -0.25) is 0 Å². The van der Waals surface area contributed by atoms with Gasteiger partial charge in [-0.2, -0.15) is 5.26 Å². The molecule has 4 heteroatoms. The van der Waals surface area contributed by atoms with Crippen molar-refractivity contribution < 1.29 is 0 Å². The SMILES string of the molecule is CC1CC(C)(C)N(C)c2cc(Cl)c(/C=C(\C#N)c3cccc(Cl)c3)cc21. The topological polar surface area (TPSA) is 27.0 Å². The normalized spacial score (nSPS) is 19.0. The monoisotopic (exact) mass is 384 g/mol. The van der Waals surface area contributed by atoms with Crippen LogP contribution in [0, 0.1) is 11.3 Å². The number of hydrogen-bond donors (Lipinski definition) is 0.